The topological polar surface area (TPSA) is 420 Å². The molecule has 0 saturated heterocycles. The summed E-state index contributed by atoms with van der Waals surface area (Å²) in [6.45, 7) is 16.9. The van der Waals surface area contributed by atoms with Crippen LogP contribution in [0.3, 0.4) is 0 Å². The van der Waals surface area contributed by atoms with Gasteiger partial charge in [-0.2, -0.15) is 99.2 Å². The number of alkyl halides is 15. The van der Waals surface area contributed by atoms with E-state index in [2.05, 4.69) is 189 Å². The minimum Gasteiger partial charge on any atom is -0.573 e. The van der Waals surface area contributed by atoms with Crippen molar-refractivity contribution in [1.29, 1.82) is 0 Å². The summed E-state index contributed by atoms with van der Waals surface area (Å²) in [6, 6.07) is 20.8. The fraction of sp³-hybridized carbons (Fsp3) is 0.165. The molecule has 0 saturated carbocycles. The average Bonchev–Trinajstić information content (AvgIpc) is 1.64. The van der Waals surface area contributed by atoms with E-state index in [0.29, 0.717) is 17.2 Å². The number of nitrogens with zero attached hydrogens (tertiary/aromatic N) is 38. The van der Waals surface area contributed by atoms with Crippen LogP contribution >= 0.6 is 0 Å². The molecule has 0 unspecified atom stereocenters. The van der Waals surface area contributed by atoms with E-state index < -0.39 is 59.4 Å². The second-order valence-corrected chi connectivity index (χ2v) is 29.5. The van der Waals surface area contributed by atoms with Crippen LogP contribution in [0, 0.1) is 92.0 Å². The Bertz CT molecular complexity index is 6380. The molecule has 1 aromatic carbocycles. The van der Waals surface area contributed by atoms with Crippen LogP contribution in [-0.2, 0) is 143 Å². The quantitative estimate of drug-likeness (QED) is 0.0928. The van der Waals surface area contributed by atoms with Crippen molar-refractivity contribution < 1.29 is 176 Å². The van der Waals surface area contributed by atoms with Crippen molar-refractivity contribution in [2.24, 2.45) is 0 Å². The largest absolute Gasteiger partial charge is 0.573 e. The predicted octanol–water partition coefficient (Wildman–Crippen LogP) is 14.0. The molecule has 20 heterocycles. The maximum Gasteiger partial charge on any atom is 0.431 e. The molecular weight excluding hydrogens is 2900 g/mol. The van der Waals surface area contributed by atoms with E-state index in [0.717, 1.165) is 87.5 Å². The third-order valence-electron chi connectivity index (χ3n) is 18.4. The van der Waals surface area contributed by atoms with Crippen LogP contribution in [0.1, 0.15) is 57.3 Å². The molecule has 21 rings (SSSR count). The number of hydrogen-bond donors (Lipinski definition) is 1. The number of aromatic nitrogens is 28. The maximum atomic E-state index is 12.3. The molecule has 0 spiro atoms. The van der Waals surface area contributed by atoms with E-state index in [-0.39, 0.29) is 157 Å². The van der Waals surface area contributed by atoms with Crippen LogP contribution in [0.4, 0.5) is 106 Å². The Morgan fingerprint density at radius 3 is 0.907 bits per heavy atom. The van der Waals surface area contributed by atoms with E-state index in [1.165, 1.54) is 74.0 Å². The standard InChI is InChI=1S/C13H12N4.C10H7F3N3.C9H5F3N3.C9H10N4O.2C9H10N4.3C8H4F3N4.C8H8N4.5Pt/c1-10-14-7-11(8-15-10)17-9-16(2)12-5-3-4-6-13(12)17;1-6-2-3-7(14-5-6)8-4-9(16-15-8)10(11,12)13;10-9(11,12)8-5-7(14-15-8)6-3-1-2-4-13-6;1-12-2-3-13(7-12)8-4-10-9(6-14)11-5-8;2*1-8-10-5-9(6-11-8)13-4-3-12(2)7-13;3*9-8(10,11)7-3-5(14-15-7)6-4-12-1-2-13-6;1-11-2-3-12(7-11)8-4-9-6-10-5-8;;;;;/h3-7,9H,1-2H3;2-5H,1H3;1-5H;2-4,7,14H,6H2,1H3;2*3-5,7H,1-2H3;3*1-4H;2-4,6-7H,1H3;;;;;/q-2;2*-1;3*-2;3*-1;-2;;;;;. The summed E-state index contributed by atoms with van der Waals surface area (Å²) in [5.41, 5.74) is 4.32. The van der Waals surface area contributed by atoms with Crippen molar-refractivity contribution in [2.75, 3.05) is 64.6 Å². The number of rotatable bonds is 11. The van der Waals surface area contributed by atoms with E-state index in [1.54, 1.807) is 67.5 Å². The second kappa shape index (κ2) is 57.3. The van der Waals surface area contributed by atoms with Crippen LogP contribution in [0.25, 0.3) is 56.9 Å². The van der Waals surface area contributed by atoms with Crippen molar-refractivity contribution in [3.8, 4) is 56.9 Å². The van der Waals surface area contributed by atoms with Crippen LogP contribution in [-0.4, -0.2) is 175 Å². The summed E-state index contributed by atoms with van der Waals surface area (Å²) in [5, 5.41) is 40.9. The van der Waals surface area contributed by atoms with Gasteiger partial charge in [-0.1, -0.05) is 164 Å². The monoisotopic (exact) mass is 2970 g/mol. The summed E-state index contributed by atoms with van der Waals surface area (Å²) in [7, 11) is 9.84. The van der Waals surface area contributed by atoms with Gasteiger partial charge in [-0.15, -0.1) is 0 Å². The molecular formula is C91H74F15N38OPt5-15. The first-order chi connectivity index (χ1) is 69.2. The number of fused-ring (bicyclic) bond motifs is 1. The van der Waals surface area contributed by atoms with Gasteiger partial charge in [0.1, 0.15) is 28.5 Å². The van der Waals surface area contributed by atoms with Crippen molar-refractivity contribution in [1.82, 2.24) is 160 Å². The number of aryl methyl sites for hydroxylation is 4. The molecule has 0 radical (unpaired) electrons. The Hall–Kier alpha value is -14.5. The Kier molecular flexibility index (Phi) is 46.8. The molecule has 0 aliphatic carbocycles. The van der Waals surface area contributed by atoms with Gasteiger partial charge in [0.15, 0.2) is 0 Å². The van der Waals surface area contributed by atoms with Gasteiger partial charge in [-0.05, 0) is 164 Å². The maximum absolute atomic E-state index is 12.3. The van der Waals surface area contributed by atoms with Crippen LogP contribution in [0.2, 0.25) is 0 Å². The molecule has 1 N–H and O–H groups in total. The molecule has 59 heteroatoms. The van der Waals surface area contributed by atoms with Gasteiger partial charge in [0.2, 0.25) is 0 Å². The molecule has 39 nitrogen and oxygen atoms in total. The number of hydrogen-bond acceptors (Lipinski definition) is 34. The van der Waals surface area contributed by atoms with Crippen LogP contribution in [0.15, 0.2) is 240 Å². The predicted molar refractivity (Wildman–Crippen MR) is 488 cm³/mol. The van der Waals surface area contributed by atoms with Gasteiger partial charge in [0, 0.05) is 201 Å². The molecule has 5 aliphatic rings. The summed E-state index contributed by atoms with van der Waals surface area (Å²) >= 11 is 0. The van der Waals surface area contributed by atoms with E-state index >= 15 is 0 Å². The number of pyridine rings is 2. The molecule has 0 amide bonds. The second-order valence-electron chi connectivity index (χ2n) is 29.5. The molecule has 0 bridgehead atoms. The van der Waals surface area contributed by atoms with Crippen molar-refractivity contribution >= 4 is 39.8 Å². The zero-order valence-electron chi connectivity index (χ0n) is 78.3. The number of benzene rings is 1. The smallest absolute Gasteiger partial charge is 0.431 e. The van der Waals surface area contributed by atoms with Gasteiger partial charge in [-0.25, -0.2) is 0 Å². The van der Waals surface area contributed by atoms with Crippen molar-refractivity contribution in [2.45, 2.75) is 65.2 Å². The molecule has 0 atom stereocenters. The van der Waals surface area contributed by atoms with E-state index in [1.807, 2.05) is 202 Å². The van der Waals surface area contributed by atoms with Gasteiger partial charge < -0.3 is 155 Å². The molecule has 150 heavy (non-hydrogen) atoms. The third kappa shape index (κ3) is 37.1. The minimum atomic E-state index is -4.48. The van der Waals surface area contributed by atoms with E-state index in [4.69, 9.17) is 5.11 Å². The SMILES string of the molecule is CN1C=CN(c2[c-]nc(CO)nc2)[CH-]1.CN1C=CN(c2[c-]ncnc2)[CH-]1.Cc1ccc(-c2cc(C(F)(F)F)n[n-]2)nc1.Cc1n[c-]c(N2C=CN(C)[CH-]2)cn1.Cc1n[c-]c(N2C=CN(C)[CH-]2)cn1.Cc1n[c-]c(N2[CH-]N(C)c3ccccc32)cn1.FC(F)(F)c1cc(-c2ccccn2)[n-]n1.FC(F)(F)c1cc(-c2cnccn2)[n-]n1.FC(F)(F)c1cc(-c2cnccn2)[n-]n1.FC(F)(F)c1cc(-c2cnccn2)[n-]n1.[Pt].[Pt].[Pt].[Pt].[Pt]. The summed E-state index contributed by atoms with van der Waals surface area (Å²) < 4.78 is 183. The molecule has 16 aromatic rings. The first-order valence-electron chi connectivity index (χ1n) is 41.5. The third-order valence-corrected chi connectivity index (χ3v) is 18.4. The molecule has 804 valence electrons. The normalized spacial score (nSPS) is 12.9. The molecule has 0 fully saturated rings. The van der Waals surface area contributed by atoms with Gasteiger partial charge >= 0.3 is 30.9 Å². The number of aliphatic hydroxyl groups is 1. The fourth-order valence-corrected chi connectivity index (χ4v) is 11.4. The van der Waals surface area contributed by atoms with Crippen molar-refractivity contribution in [3.05, 3.63) is 362 Å². The Labute approximate surface area is 918 Å². The van der Waals surface area contributed by atoms with Gasteiger partial charge in [-0.3, -0.25) is 39.9 Å². The zero-order chi connectivity index (χ0) is 104. The first kappa shape index (κ1) is 122. The van der Waals surface area contributed by atoms with Crippen LogP contribution < -0.4 is 54.9 Å². The fourth-order valence-electron chi connectivity index (χ4n) is 11.4. The Morgan fingerprint density at radius 1 is 0.307 bits per heavy atom. The summed E-state index contributed by atoms with van der Waals surface area (Å²) in [5.74, 6) is 2.58. The number of para-hydroxylation sites is 2. The zero-order valence-corrected chi connectivity index (χ0v) is 89.7. The Morgan fingerprint density at radius 2 is 0.633 bits per heavy atom. The number of anilines is 7. The van der Waals surface area contributed by atoms with Crippen molar-refractivity contribution in [3.63, 3.8) is 0 Å². The number of aliphatic hydroxyl groups excluding tert-OH is 1. The average molecular weight is 2980 g/mol. The summed E-state index contributed by atoms with van der Waals surface area (Å²) in [6.07, 6.45) is 33.0. The Balaban J connectivity index is 0.000000225. The van der Waals surface area contributed by atoms with E-state index in [9.17, 15) is 65.9 Å². The first-order valence-corrected chi connectivity index (χ1v) is 41.5. The van der Waals surface area contributed by atoms with Gasteiger partial charge in [0.25, 0.3) is 0 Å². The summed E-state index contributed by atoms with van der Waals surface area (Å²) in [4.78, 5) is 89.9. The van der Waals surface area contributed by atoms with Gasteiger partial charge in [0.05, 0.1) is 42.3 Å². The molecule has 5 aliphatic heterocycles. The van der Waals surface area contributed by atoms with Crippen LogP contribution in [0.5, 0.6) is 0 Å². The number of halogens is 15. The molecule has 15 aromatic heterocycles. The minimum absolute atomic E-state index is 0.